The number of amides is 1. The van der Waals surface area contributed by atoms with Gasteiger partial charge in [-0.1, -0.05) is 33.1 Å². The molecule has 1 aliphatic rings. The minimum atomic E-state index is -0.427. The molecule has 0 heterocycles. The van der Waals surface area contributed by atoms with Crippen LogP contribution in [0.4, 0.5) is 4.79 Å². The summed E-state index contributed by atoms with van der Waals surface area (Å²) >= 11 is 0. The first-order valence-corrected chi connectivity index (χ1v) is 9.02. The molecular formula is C18H36N2O2. The van der Waals surface area contributed by atoms with Crippen molar-refractivity contribution in [2.75, 3.05) is 13.1 Å². The van der Waals surface area contributed by atoms with Crippen LogP contribution in [0.3, 0.4) is 0 Å². The maximum absolute atomic E-state index is 11.8. The summed E-state index contributed by atoms with van der Waals surface area (Å²) in [7, 11) is 0. The SMILES string of the molecule is CCCC(C)CNC1CCCCC1CNC(=O)OC(C)(C)C. The lowest BCUT2D eigenvalue weighted by atomic mass is 9.84. The van der Waals surface area contributed by atoms with Crippen LogP contribution in [0.1, 0.15) is 73.1 Å². The van der Waals surface area contributed by atoms with Crippen molar-refractivity contribution in [3.05, 3.63) is 0 Å². The lowest BCUT2D eigenvalue weighted by Gasteiger charge is -2.33. The molecule has 0 aromatic heterocycles. The van der Waals surface area contributed by atoms with Gasteiger partial charge in [0.2, 0.25) is 0 Å². The molecule has 4 heteroatoms. The van der Waals surface area contributed by atoms with E-state index in [2.05, 4.69) is 24.5 Å². The summed E-state index contributed by atoms with van der Waals surface area (Å²) in [4.78, 5) is 11.8. The van der Waals surface area contributed by atoms with E-state index in [4.69, 9.17) is 4.74 Å². The Hall–Kier alpha value is -0.770. The maximum Gasteiger partial charge on any atom is 0.407 e. The third-order valence-electron chi connectivity index (χ3n) is 4.33. The van der Waals surface area contributed by atoms with Crippen LogP contribution in [0.2, 0.25) is 0 Å². The van der Waals surface area contributed by atoms with Gasteiger partial charge in [0.15, 0.2) is 0 Å². The normalized spacial score (nSPS) is 23.9. The molecule has 1 saturated carbocycles. The zero-order valence-corrected chi connectivity index (χ0v) is 15.2. The fraction of sp³-hybridized carbons (Fsp3) is 0.944. The molecular weight excluding hydrogens is 276 g/mol. The molecule has 0 saturated heterocycles. The van der Waals surface area contributed by atoms with E-state index in [1.54, 1.807) is 0 Å². The van der Waals surface area contributed by atoms with E-state index < -0.39 is 5.60 Å². The number of rotatable bonds is 7. The molecule has 3 unspecified atom stereocenters. The van der Waals surface area contributed by atoms with Crippen molar-refractivity contribution >= 4 is 6.09 Å². The molecule has 1 amide bonds. The second-order valence-electron chi connectivity index (χ2n) is 7.84. The Labute approximate surface area is 136 Å². The third kappa shape index (κ3) is 8.02. The van der Waals surface area contributed by atoms with Crippen molar-refractivity contribution < 1.29 is 9.53 Å². The first-order chi connectivity index (χ1) is 10.3. The molecule has 0 aromatic rings. The molecule has 130 valence electrons. The Kier molecular flexibility index (Phi) is 8.23. The summed E-state index contributed by atoms with van der Waals surface area (Å²) in [6.45, 7) is 12.0. The smallest absolute Gasteiger partial charge is 0.407 e. The fourth-order valence-corrected chi connectivity index (χ4v) is 3.20. The van der Waals surface area contributed by atoms with E-state index in [1.165, 1.54) is 38.5 Å². The number of carbonyl (C=O) groups excluding carboxylic acids is 1. The highest BCUT2D eigenvalue weighted by molar-refractivity contribution is 5.67. The predicted octanol–water partition coefficient (Wildman–Crippen LogP) is 4.10. The van der Waals surface area contributed by atoms with Gasteiger partial charge >= 0.3 is 6.09 Å². The van der Waals surface area contributed by atoms with Crippen LogP contribution in [0.15, 0.2) is 0 Å². The fourth-order valence-electron chi connectivity index (χ4n) is 3.20. The number of ether oxygens (including phenoxy) is 1. The lowest BCUT2D eigenvalue weighted by Crippen LogP contribution is -2.46. The van der Waals surface area contributed by atoms with Gasteiger partial charge in [0.05, 0.1) is 0 Å². The van der Waals surface area contributed by atoms with Crippen LogP contribution < -0.4 is 10.6 Å². The van der Waals surface area contributed by atoms with Gasteiger partial charge in [0, 0.05) is 12.6 Å². The Morgan fingerprint density at radius 3 is 2.59 bits per heavy atom. The number of nitrogens with one attached hydrogen (secondary N) is 2. The van der Waals surface area contributed by atoms with Crippen molar-refractivity contribution in [3.8, 4) is 0 Å². The Morgan fingerprint density at radius 1 is 1.27 bits per heavy atom. The zero-order chi connectivity index (χ0) is 16.6. The standard InChI is InChI=1S/C18H36N2O2/c1-6-9-14(2)12-19-16-11-8-7-10-15(16)13-20-17(21)22-18(3,4)5/h14-16,19H,6-13H2,1-5H3,(H,20,21). The van der Waals surface area contributed by atoms with Crippen molar-refractivity contribution in [3.63, 3.8) is 0 Å². The minimum Gasteiger partial charge on any atom is -0.444 e. The van der Waals surface area contributed by atoms with Crippen molar-refractivity contribution in [2.24, 2.45) is 11.8 Å². The largest absolute Gasteiger partial charge is 0.444 e. The van der Waals surface area contributed by atoms with E-state index >= 15 is 0 Å². The predicted molar refractivity (Wildman–Crippen MR) is 92.1 cm³/mol. The highest BCUT2D eigenvalue weighted by Crippen LogP contribution is 2.24. The zero-order valence-electron chi connectivity index (χ0n) is 15.2. The van der Waals surface area contributed by atoms with Crippen LogP contribution in [0.5, 0.6) is 0 Å². The van der Waals surface area contributed by atoms with Gasteiger partial charge in [-0.2, -0.15) is 0 Å². The molecule has 0 radical (unpaired) electrons. The lowest BCUT2D eigenvalue weighted by molar-refractivity contribution is 0.0510. The first-order valence-electron chi connectivity index (χ1n) is 9.02. The maximum atomic E-state index is 11.8. The number of hydrogen-bond acceptors (Lipinski definition) is 3. The van der Waals surface area contributed by atoms with Crippen LogP contribution in [0, 0.1) is 11.8 Å². The molecule has 0 aliphatic heterocycles. The van der Waals surface area contributed by atoms with E-state index in [0.717, 1.165) is 19.0 Å². The van der Waals surface area contributed by atoms with Gasteiger partial charge in [0.25, 0.3) is 0 Å². The van der Waals surface area contributed by atoms with E-state index in [0.29, 0.717) is 12.0 Å². The van der Waals surface area contributed by atoms with E-state index in [9.17, 15) is 4.79 Å². The van der Waals surface area contributed by atoms with Gasteiger partial charge in [-0.25, -0.2) is 4.79 Å². The molecule has 3 atom stereocenters. The molecule has 0 bridgehead atoms. The summed E-state index contributed by atoms with van der Waals surface area (Å²) in [6, 6.07) is 0.531. The summed E-state index contributed by atoms with van der Waals surface area (Å²) in [5.41, 5.74) is -0.427. The second-order valence-corrected chi connectivity index (χ2v) is 7.84. The van der Waals surface area contributed by atoms with Gasteiger partial charge in [-0.15, -0.1) is 0 Å². The minimum absolute atomic E-state index is 0.295. The van der Waals surface area contributed by atoms with Crippen LogP contribution in [0.25, 0.3) is 0 Å². The van der Waals surface area contributed by atoms with Gasteiger partial charge < -0.3 is 15.4 Å². The molecule has 22 heavy (non-hydrogen) atoms. The molecule has 4 nitrogen and oxygen atoms in total. The number of carbonyl (C=O) groups is 1. The van der Waals surface area contributed by atoms with Crippen molar-refractivity contribution in [1.82, 2.24) is 10.6 Å². The van der Waals surface area contributed by atoms with Gasteiger partial charge in [-0.05, 0) is 58.4 Å². The van der Waals surface area contributed by atoms with Gasteiger partial charge in [0.1, 0.15) is 5.60 Å². The Bertz CT molecular complexity index is 326. The Balaban J connectivity index is 2.36. The summed E-state index contributed by atoms with van der Waals surface area (Å²) in [5, 5.41) is 6.69. The Morgan fingerprint density at radius 2 is 1.95 bits per heavy atom. The van der Waals surface area contributed by atoms with Crippen molar-refractivity contribution in [2.45, 2.75) is 84.8 Å². The topological polar surface area (TPSA) is 50.4 Å². The third-order valence-corrected chi connectivity index (χ3v) is 4.33. The van der Waals surface area contributed by atoms with Crippen LogP contribution in [-0.4, -0.2) is 30.8 Å². The number of alkyl carbamates (subject to hydrolysis) is 1. The highest BCUT2D eigenvalue weighted by Gasteiger charge is 2.26. The van der Waals surface area contributed by atoms with Gasteiger partial charge in [-0.3, -0.25) is 0 Å². The van der Waals surface area contributed by atoms with Crippen LogP contribution >= 0.6 is 0 Å². The summed E-state index contributed by atoms with van der Waals surface area (Å²) in [5.74, 6) is 1.25. The molecule has 1 aliphatic carbocycles. The average molecular weight is 312 g/mol. The second kappa shape index (κ2) is 9.39. The van der Waals surface area contributed by atoms with Crippen molar-refractivity contribution in [1.29, 1.82) is 0 Å². The highest BCUT2D eigenvalue weighted by atomic mass is 16.6. The molecule has 0 spiro atoms. The van der Waals surface area contributed by atoms with E-state index in [-0.39, 0.29) is 6.09 Å². The summed E-state index contributed by atoms with van der Waals surface area (Å²) < 4.78 is 5.32. The van der Waals surface area contributed by atoms with E-state index in [1.807, 2.05) is 20.8 Å². The molecule has 1 rings (SSSR count). The molecule has 0 aromatic carbocycles. The molecule has 1 fully saturated rings. The molecule has 2 N–H and O–H groups in total. The summed E-state index contributed by atoms with van der Waals surface area (Å²) in [6.07, 6.45) is 7.20. The first kappa shape index (κ1) is 19.3. The van der Waals surface area contributed by atoms with Crippen LogP contribution in [-0.2, 0) is 4.74 Å². The monoisotopic (exact) mass is 312 g/mol. The quantitative estimate of drug-likeness (QED) is 0.744. The number of hydrogen-bond donors (Lipinski definition) is 2. The average Bonchev–Trinajstić information content (AvgIpc) is 2.42.